The van der Waals surface area contributed by atoms with Crippen LogP contribution in [0.25, 0.3) is 78.4 Å². The quantitative estimate of drug-likeness (QED) is 0.275. The number of rotatable bonds is 5. The number of furan rings is 1. The van der Waals surface area contributed by atoms with Gasteiger partial charge in [-0.3, -0.25) is 0 Å². The van der Waals surface area contributed by atoms with Crippen molar-refractivity contribution in [2.45, 2.75) is 0 Å². The average molecular weight is 620 g/mol. The molecule has 6 aromatic carbocycles. The highest BCUT2D eigenvalue weighted by Gasteiger charge is 2.24. The number of fused-ring (bicyclic) bond motifs is 3. The second-order valence-electron chi connectivity index (χ2n) is 12.0. The largest absolute Gasteiger partial charge is 0.456 e. The highest BCUT2D eigenvalue weighted by atomic mass is 16.3. The summed E-state index contributed by atoms with van der Waals surface area (Å²) >= 11 is 0. The first-order chi connectivity index (χ1) is 24.2. The highest BCUT2D eigenvalue weighted by Crippen LogP contribution is 2.33. The first kappa shape index (κ1) is 31.8. The molecule has 0 aliphatic heterocycles. The molecule has 8 aromatic rings. The van der Waals surface area contributed by atoms with E-state index in [1.807, 2.05) is 84.9 Å². The fraction of sp³-hybridized carbons (Fsp3) is 0. The van der Waals surface area contributed by atoms with E-state index >= 15 is 0 Å². The van der Waals surface area contributed by atoms with Crippen LogP contribution in [0.5, 0.6) is 0 Å². The smallest absolute Gasteiger partial charge is 0.167 e. The van der Waals surface area contributed by atoms with Gasteiger partial charge in [-0.2, -0.15) is 0 Å². The number of hydrogen-bond donors (Lipinski definition) is 0. The Morgan fingerprint density at radius 3 is 1.16 bits per heavy atom. The summed E-state index contributed by atoms with van der Waals surface area (Å²) in [6.07, 6.45) is 0. The zero-order chi connectivity index (χ0) is 34.7. The molecule has 0 bridgehead atoms. The van der Waals surface area contributed by atoms with Crippen LogP contribution in [0.1, 0.15) is 0 Å². The molecule has 4 nitrogen and oxygen atoms in total. The molecular formula is C39H18B7N3O. The third kappa shape index (κ3) is 5.24. The van der Waals surface area contributed by atoms with Gasteiger partial charge in [0.25, 0.3) is 0 Å². The summed E-state index contributed by atoms with van der Waals surface area (Å²) in [4.78, 5) is 14.8. The Morgan fingerprint density at radius 1 is 0.320 bits per heavy atom. The molecule has 0 saturated carbocycles. The first-order valence-corrected chi connectivity index (χ1v) is 15.7. The van der Waals surface area contributed by atoms with Crippen LogP contribution in [-0.4, -0.2) is 69.9 Å². The number of nitrogens with zero attached hydrogens (tertiary/aromatic N) is 3. The summed E-state index contributed by atoms with van der Waals surface area (Å²) in [5.41, 5.74) is 7.36. The van der Waals surface area contributed by atoms with Crippen molar-refractivity contribution >= 4 is 115 Å². The zero-order valence-corrected chi connectivity index (χ0v) is 26.7. The monoisotopic (exact) mass is 621 g/mol. The topological polar surface area (TPSA) is 51.8 Å². The van der Waals surface area contributed by atoms with Gasteiger partial charge in [0, 0.05) is 21.9 Å². The van der Waals surface area contributed by atoms with Gasteiger partial charge in [-0.25, -0.2) is 15.0 Å². The van der Waals surface area contributed by atoms with E-state index in [1.165, 1.54) is 0 Å². The lowest BCUT2D eigenvalue weighted by atomic mass is 9.64. The molecule has 8 rings (SSSR count). The van der Waals surface area contributed by atoms with Crippen LogP contribution in [0.3, 0.4) is 0 Å². The van der Waals surface area contributed by atoms with Gasteiger partial charge in [0.15, 0.2) is 17.5 Å². The van der Waals surface area contributed by atoms with Gasteiger partial charge in [-0.1, -0.05) is 131 Å². The molecule has 0 unspecified atom stereocenters. The molecule has 0 aliphatic carbocycles. The zero-order valence-electron chi connectivity index (χ0n) is 26.7. The normalized spacial score (nSPS) is 11.4. The Bertz CT molecular complexity index is 2490. The third-order valence-electron chi connectivity index (χ3n) is 9.00. The fourth-order valence-electron chi connectivity index (χ4n) is 6.25. The third-order valence-corrected chi connectivity index (χ3v) is 9.00. The van der Waals surface area contributed by atoms with Crippen LogP contribution in [0, 0.1) is 0 Å². The second kappa shape index (κ2) is 12.5. The maximum atomic E-state index is 6.71. The molecule has 0 N–H and O–H groups in total. The van der Waals surface area contributed by atoms with Crippen LogP contribution < -0.4 is 38.2 Å². The molecule has 216 valence electrons. The van der Waals surface area contributed by atoms with E-state index in [0.29, 0.717) is 28.0 Å². The van der Waals surface area contributed by atoms with E-state index in [4.69, 9.17) is 74.3 Å². The minimum Gasteiger partial charge on any atom is -0.456 e. The second-order valence-corrected chi connectivity index (χ2v) is 12.0. The molecule has 0 spiro atoms. The van der Waals surface area contributed by atoms with Crippen molar-refractivity contribution in [3.8, 4) is 56.4 Å². The van der Waals surface area contributed by atoms with Gasteiger partial charge in [0.1, 0.15) is 66.1 Å². The van der Waals surface area contributed by atoms with Crippen molar-refractivity contribution in [2.75, 3.05) is 0 Å². The van der Waals surface area contributed by atoms with Gasteiger partial charge in [-0.05, 0) is 22.3 Å². The lowest BCUT2D eigenvalue weighted by molar-refractivity contribution is 0.673. The molecule has 0 fully saturated rings. The SMILES string of the molecule is [B]c1c([B])c([B])c2c(oc3c(-c4nc(-c5ccc(-c6ccccc6)cc5)nc(-c5ccc(-c6ccccc6)cc5)n4)c([B])c([B])c([B])c32)c1[B]. The lowest BCUT2D eigenvalue weighted by Crippen LogP contribution is -2.48. The Morgan fingerprint density at radius 2 is 0.680 bits per heavy atom. The summed E-state index contributed by atoms with van der Waals surface area (Å²) in [5.74, 6) is 1.02. The van der Waals surface area contributed by atoms with Gasteiger partial charge in [-0.15, -0.1) is 16.4 Å². The van der Waals surface area contributed by atoms with Crippen LogP contribution in [-0.2, 0) is 0 Å². The number of benzene rings is 6. The standard InChI is InChI=1S/C39H18B7N3O/c40-28-25-26-29(41)32(44)33(45)34(46)36(26)50-35(25)27(30(42)31(28)43)39-48-37(23-15-11-21(12-16-23)19-7-3-1-4-8-19)47-38(49-39)24-17-13-22(14-18-24)20-9-5-2-6-10-20/h1-18H. The van der Waals surface area contributed by atoms with E-state index in [2.05, 4.69) is 24.3 Å². The van der Waals surface area contributed by atoms with E-state index in [1.54, 1.807) is 0 Å². The number of hydrogen-bond acceptors (Lipinski definition) is 4. The minimum atomic E-state index is 0.0951. The van der Waals surface area contributed by atoms with Crippen LogP contribution in [0.15, 0.2) is 114 Å². The van der Waals surface area contributed by atoms with Crippen molar-refractivity contribution in [1.29, 1.82) is 0 Å². The number of aromatic nitrogens is 3. The van der Waals surface area contributed by atoms with Gasteiger partial charge in [0.05, 0.1) is 5.56 Å². The Balaban J connectivity index is 1.37. The van der Waals surface area contributed by atoms with Crippen molar-refractivity contribution in [1.82, 2.24) is 15.0 Å². The highest BCUT2D eigenvalue weighted by molar-refractivity contribution is 6.69. The summed E-state index contributed by atoms with van der Waals surface area (Å²) in [6.45, 7) is 0. The predicted octanol–water partition coefficient (Wildman–Crippen LogP) is 1.66. The first-order valence-electron chi connectivity index (χ1n) is 15.7. The van der Waals surface area contributed by atoms with Crippen molar-refractivity contribution in [3.05, 3.63) is 109 Å². The van der Waals surface area contributed by atoms with Crippen LogP contribution in [0.2, 0.25) is 0 Å². The van der Waals surface area contributed by atoms with Gasteiger partial charge in [0.2, 0.25) is 0 Å². The summed E-state index contributed by atoms with van der Waals surface area (Å²) in [6, 6.07) is 36.2. The van der Waals surface area contributed by atoms with E-state index < -0.39 is 0 Å². The van der Waals surface area contributed by atoms with Crippen LogP contribution in [0.4, 0.5) is 0 Å². The summed E-state index contributed by atoms with van der Waals surface area (Å²) in [7, 11) is 45.1. The molecule has 0 saturated heterocycles. The molecule has 2 aromatic heterocycles. The molecular weight excluding hydrogens is 602 g/mol. The molecule has 11 heteroatoms. The fourth-order valence-corrected chi connectivity index (χ4v) is 6.25. The molecule has 2 heterocycles. The van der Waals surface area contributed by atoms with Crippen molar-refractivity contribution in [2.24, 2.45) is 0 Å². The molecule has 14 radical (unpaired) electrons. The average Bonchev–Trinajstić information content (AvgIpc) is 3.57. The van der Waals surface area contributed by atoms with Crippen molar-refractivity contribution in [3.63, 3.8) is 0 Å². The van der Waals surface area contributed by atoms with E-state index in [-0.39, 0.29) is 55.2 Å². The maximum Gasteiger partial charge on any atom is 0.167 e. The van der Waals surface area contributed by atoms with Gasteiger partial charge < -0.3 is 4.42 Å². The molecule has 0 aliphatic rings. The van der Waals surface area contributed by atoms with Gasteiger partial charge >= 0.3 is 0 Å². The minimum absolute atomic E-state index is 0.0951. The van der Waals surface area contributed by atoms with E-state index in [0.717, 1.165) is 33.4 Å². The summed E-state index contributed by atoms with van der Waals surface area (Å²) < 4.78 is 6.37. The predicted molar refractivity (Wildman–Crippen MR) is 212 cm³/mol. The van der Waals surface area contributed by atoms with Crippen LogP contribution >= 0.6 is 0 Å². The Labute approximate surface area is 299 Å². The maximum absolute atomic E-state index is 6.71. The van der Waals surface area contributed by atoms with E-state index in [9.17, 15) is 0 Å². The Hall–Kier alpha value is -5.42. The molecule has 0 atom stereocenters. The molecule has 0 amide bonds. The van der Waals surface area contributed by atoms with Crippen molar-refractivity contribution < 1.29 is 4.42 Å². The Kier molecular flexibility index (Phi) is 7.94. The molecule has 50 heavy (non-hydrogen) atoms. The summed E-state index contributed by atoms with van der Waals surface area (Å²) in [5, 5.41) is 0.748. The lowest BCUT2D eigenvalue weighted by Gasteiger charge is -2.16.